The second-order valence-corrected chi connectivity index (χ2v) is 15.3. The Kier molecular flexibility index (Phi) is 27.1. The van der Waals surface area contributed by atoms with Crippen molar-refractivity contribution in [2.75, 3.05) is 19.6 Å². The number of unbranched alkanes of at least 4 members (excludes halogenated alkanes) is 2. The van der Waals surface area contributed by atoms with Crippen LogP contribution in [0.4, 0.5) is 0 Å². The molecule has 0 fully saturated rings. The Balaban J connectivity index is 6.19. The smallest absolute Gasteiger partial charge is 0.326 e. The van der Waals surface area contributed by atoms with Gasteiger partial charge in [-0.2, -0.15) is 0 Å². The van der Waals surface area contributed by atoms with Crippen molar-refractivity contribution in [1.29, 1.82) is 0 Å². The van der Waals surface area contributed by atoms with E-state index in [-0.39, 0.29) is 25.9 Å². The van der Waals surface area contributed by atoms with E-state index in [1.54, 1.807) is 13.8 Å². The maximum absolute atomic E-state index is 13.7. The van der Waals surface area contributed by atoms with Crippen LogP contribution in [-0.2, 0) is 47.9 Å². The number of amides is 7. The average molecular weight is 889 g/mol. The van der Waals surface area contributed by atoms with Gasteiger partial charge in [0.1, 0.15) is 42.3 Å². The lowest BCUT2D eigenvalue weighted by atomic mass is 9.96. The normalized spacial score (nSPS) is 15.5. The van der Waals surface area contributed by atoms with Gasteiger partial charge in [0.25, 0.3) is 0 Å². The first-order chi connectivity index (χ1) is 29.0. The number of nitrogens with two attached hydrogens (primary N) is 3. The Morgan fingerprint density at radius 3 is 1.48 bits per heavy atom. The Bertz CT molecular complexity index is 1530. The van der Waals surface area contributed by atoms with Crippen LogP contribution >= 0.6 is 0 Å². The Labute approximate surface area is 360 Å². The van der Waals surface area contributed by atoms with E-state index in [0.29, 0.717) is 32.1 Å². The predicted octanol–water partition coefficient (Wildman–Crippen LogP) is -3.90. The molecule has 0 saturated carbocycles. The molecule has 17 N–H and O–H groups in total. The number of rotatable bonds is 32. The third kappa shape index (κ3) is 21.9. The van der Waals surface area contributed by atoms with E-state index < -0.39 is 145 Å². The first kappa shape index (κ1) is 56.5. The number of hydrogen-bond acceptors (Lipinski definition) is 14. The molecule has 0 bridgehead atoms. The fourth-order valence-corrected chi connectivity index (χ4v) is 5.72. The number of hydrogen-bond donors (Lipinski definition) is 14. The summed E-state index contributed by atoms with van der Waals surface area (Å²) >= 11 is 0. The molecule has 9 atom stereocenters. The van der Waals surface area contributed by atoms with E-state index in [0.717, 1.165) is 0 Å². The van der Waals surface area contributed by atoms with Gasteiger partial charge in [-0.25, -0.2) is 4.79 Å². The van der Waals surface area contributed by atoms with Gasteiger partial charge in [0.2, 0.25) is 41.4 Å². The van der Waals surface area contributed by atoms with Crippen LogP contribution in [0.3, 0.4) is 0 Å². The van der Waals surface area contributed by atoms with Crippen LogP contribution < -0.4 is 54.4 Å². The number of aliphatic hydroxyl groups excluding tert-OH is 1. The number of aliphatic hydroxyl groups is 1. The molecule has 0 saturated heterocycles. The highest BCUT2D eigenvalue weighted by Crippen LogP contribution is 2.12. The quantitative estimate of drug-likeness (QED) is 0.0287. The lowest BCUT2D eigenvalue weighted by Gasteiger charge is -2.28. The van der Waals surface area contributed by atoms with Gasteiger partial charge in [0.05, 0.1) is 19.1 Å². The number of carbonyl (C=O) groups is 10. The highest BCUT2D eigenvalue weighted by atomic mass is 16.4. The molecule has 0 heterocycles. The Morgan fingerprint density at radius 2 is 1.02 bits per heavy atom. The highest BCUT2D eigenvalue weighted by Gasteiger charge is 2.35. The minimum Gasteiger partial charge on any atom is -0.481 e. The maximum atomic E-state index is 13.7. The number of carbonyl (C=O) groups excluding carboxylic acids is 7. The van der Waals surface area contributed by atoms with Crippen LogP contribution in [0.1, 0.15) is 98.8 Å². The van der Waals surface area contributed by atoms with Crippen molar-refractivity contribution in [3.05, 3.63) is 0 Å². The third-order valence-corrected chi connectivity index (χ3v) is 9.74. The van der Waals surface area contributed by atoms with Crippen LogP contribution in [0.15, 0.2) is 0 Å². The number of nitrogens with one attached hydrogen (secondary N) is 7. The van der Waals surface area contributed by atoms with Crippen molar-refractivity contribution in [1.82, 2.24) is 37.2 Å². The molecule has 0 aromatic carbocycles. The van der Waals surface area contributed by atoms with E-state index >= 15 is 0 Å². The molecule has 24 heteroatoms. The monoisotopic (exact) mass is 888 g/mol. The lowest BCUT2D eigenvalue weighted by molar-refractivity contribution is -0.144. The summed E-state index contributed by atoms with van der Waals surface area (Å²) in [6.45, 7) is 7.38. The number of carboxylic acids is 3. The largest absolute Gasteiger partial charge is 0.481 e. The molecule has 7 amide bonds. The molecule has 0 unspecified atom stereocenters. The second-order valence-electron chi connectivity index (χ2n) is 15.3. The molecule has 62 heavy (non-hydrogen) atoms. The van der Waals surface area contributed by atoms with Gasteiger partial charge in [0, 0.05) is 6.42 Å². The van der Waals surface area contributed by atoms with Crippen LogP contribution in [-0.4, -0.2) is 148 Å². The highest BCUT2D eigenvalue weighted by molar-refractivity contribution is 5.97. The third-order valence-electron chi connectivity index (χ3n) is 9.74. The summed E-state index contributed by atoms with van der Waals surface area (Å²) in [6.07, 6.45) is -1.33. The lowest BCUT2D eigenvalue weighted by Crippen LogP contribution is -2.60. The van der Waals surface area contributed by atoms with Gasteiger partial charge in [-0.3, -0.25) is 43.2 Å². The molecule has 0 spiro atoms. The van der Waals surface area contributed by atoms with Crippen molar-refractivity contribution < 1.29 is 68.4 Å². The topological polar surface area (TPSA) is 414 Å². The fraction of sp³-hybridized carbons (Fsp3) is 0.737. The van der Waals surface area contributed by atoms with E-state index in [1.165, 1.54) is 20.8 Å². The molecular weight excluding hydrogens is 820 g/mol. The molecular formula is C38H68N10O14. The van der Waals surface area contributed by atoms with Gasteiger partial charge < -0.3 is 74.8 Å². The summed E-state index contributed by atoms with van der Waals surface area (Å²) in [7, 11) is 0. The summed E-state index contributed by atoms with van der Waals surface area (Å²) in [6, 6.07) is -10.00. The Morgan fingerprint density at radius 1 is 0.548 bits per heavy atom. The van der Waals surface area contributed by atoms with E-state index in [4.69, 9.17) is 17.2 Å². The molecule has 0 aliphatic carbocycles. The number of carboxylic acid groups (broad SMARTS) is 3. The first-order valence-electron chi connectivity index (χ1n) is 20.6. The van der Waals surface area contributed by atoms with Gasteiger partial charge in [-0.15, -0.1) is 0 Å². The minimum absolute atomic E-state index is 0.00455. The van der Waals surface area contributed by atoms with Crippen molar-refractivity contribution in [3.63, 3.8) is 0 Å². The molecule has 0 aromatic rings. The fourth-order valence-electron chi connectivity index (χ4n) is 5.72. The first-order valence-corrected chi connectivity index (χ1v) is 20.6. The zero-order chi connectivity index (χ0) is 47.7. The standard InChI is InChI=1S/C38H68N10O14/c1-6-20(4)31(48-35(58)25(17-28(53)54)46-36(59)29(41)21(5)49)37(60)45-22(11-7-9-15-39)32(55)42-18-26(50)43-23(12-8-10-16-40)33(56)44-24(13-14-27(51)52)34(57)47-30(19(2)3)38(61)62/h19-25,29-31,49H,6-18,39-41H2,1-5H3,(H,42,55)(H,43,50)(H,44,56)(H,45,60)(H,46,59)(H,47,57)(H,48,58)(H,51,52)(H,53,54)(H,61,62)/t20-,21+,22-,23-,24-,25-,29-,30-,31-/m0/s1. The summed E-state index contributed by atoms with van der Waals surface area (Å²) in [5.41, 5.74) is 16.9. The SMILES string of the molecule is CC[C@H](C)[C@H](NC(=O)[C@H](CC(=O)O)NC(=O)[C@@H](N)[C@@H](C)O)C(=O)N[C@@H](CCCCN)C(=O)NCC(=O)N[C@@H](CCCCN)C(=O)N[C@@H](CCC(=O)O)C(=O)N[C@H](C(=O)O)C(C)C. The van der Waals surface area contributed by atoms with E-state index in [9.17, 15) is 68.4 Å². The summed E-state index contributed by atoms with van der Waals surface area (Å²) in [5, 5.41) is 54.5. The molecule has 0 aliphatic heterocycles. The van der Waals surface area contributed by atoms with Crippen LogP contribution in [0.25, 0.3) is 0 Å². The van der Waals surface area contributed by atoms with E-state index in [2.05, 4.69) is 37.2 Å². The molecule has 0 rings (SSSR count). The number of aliphatic carboxylic acids is 3. The van der Waals surface area contributed by atoms with Gasteiger partial charge >= 0.3 is 17.9 Å². The zero-order valence-electron chi connectivity index (χ0n) is 36.1. The van der Waals surface area contributed by atoms with Crippen LogP contribution in [0.5, 0.6) is 0 Å². The molecule has 0 aliphatic rings. The zero-order valence-corrected chi connectivity index (χ0v) is 36.1. The predicted molar refractivity (Wildman–Crippen MR) is 221 cm³/mol. The molecule has 0 radical (unpaired) electrons. The van der Waals surface area contributed by atoms with Crippen LogP contribution in [0, 0.1) is 11.8 Å². The average Bonchev–Trinajstić information content (AvgIpc) is 3.19. The van der Waals surface area contributed by atoms with Gasteiger partial charge in [-0.05, 0) is 76.8 Å². The van der Waals surface area contributed by atoms with Crippen molar-refractivity contribution in [2.45, 2.75) is 147 Å². The van der Waals surface area contributed by atoms with Gasteiger partial charge in [-0.1, -0.05) is 34.1 Å². The molecule has 24 nitrogen and oxygen atoms in total. The summed E-state index contributed by atoms with van der Waals surface area (Å²) < 4.78 is 0. The van der Waals surface area contributed by atoms with E-state index in [1.807, 2.05) is 0 Å². The second kappa shape index (κ2) is 29.7. The maximum Gasteiger partial charge on any atom is 0.326 e. The van der Waals surface area contributed by atoms with Crippen molar-refractivity contribution in [2.24, 2.45) is 29.0 Å². The van der Waals surface area contributed by atoms with Gasteiger partial charge in [0.15, 0.2) is 0 Å². The summed E-state index contributed by atoms with van der Waals surface area (Å²) in [5.74, 6) is -11.8. The van der Waals surface area contributed by atoms with Crippen molar-refractivity contribution in [3.8, 4) is 0 Å². The minimum atomic E-state index is -1.70. The molecule has 354 valence electrons. The van der Waals surface area contributed by atoms with Crippen LogP contribution in [0.2, 0.25) is 0 Å². The van der Waals surface area contributed by atoms with Crippen molar-refractivity contribution >= 4 is 59.3 Å². The Hall–Kier alpha value is -5.46. The molecule has 0 aromatic heterocycles. The summed E-state index contributed by atoms with van der Waals surface area (Å²) in [4.78, 5) is 127.